The minimum atomic E-state index is -1.06. The van der Waals surface area contributed by atoms with Crippen LogP contribution in [0.4, 0.5) is 4.39 Å². The summed E-state index contributed by atoms with van der Waals surface area (Å²) in [6.07, 6.45) is 2.51. The lowest BCUT2D eigenvalue weighted by atomic mass is 10.0. The molecule has 4 rings (SSSR count). The van der Waals surface area contributed by atoms with E-state index in [1.165, 1.54) is 17.2 Å². The van der Waals surface area contributed by atoms with Crippen LogP contribution in [0.1, 0.15) is 42.1 Å². The van der Waals surface area contributed by atoms with Crippen molar-refractivity contribution in [3.63, 3.8) is 0 Å². The zero-order chi connectivity index (χ0) is 22.9. The molecule has 0 fully saturated rings. The monoisotopic (exact) mass is 430 g/mol. The average Bonchev–Trinajstić information content (AvgIpc) is 3.20. The zero-order valence-corrected chi connectivity index (χ0v) is 18.5. The number of nitrogens with zero attached hydrogens (tertiary/aromatic N) is 2. The molecule has 0 bridgehead atoms. The average molecular weight is 431 g/mol. The van der Waals surface area contributed by atoms with Gasteiger partial charge in [-0.1, -0.05) is 48.5 Å². The second kappa shape index (κ2) is 8.69. The van der Waals surface area contributed by atoms with Gasteiger partial charge < -0.3 is 14.8 Å². The smallest absolute Gasteiger partial charge is 0.129 e. The van der Waals surface area contributed by atoms with Crippen molar-refractivity contribution in [2.75, 3.05) is 0 Å². The van der Waals surface area contributed by atoms with Crippen molar-refractivity contribution in [2.24, 2.45) is 0 Å². The Bertz CT molecular complexity index is 1240. The molecule has 0 aliphatic rings. The van der Waals surface area contributed by atoms with E-state index in [4.69, 9.17) is 4.98 Å². The topological polar surface area (TPSA) is 58.3 Å². The first-order valence-corrected chi connectivity index (χ1v) is 10.6. The van der Waals surface area contributed by atoms with Gasteiger partial charge in [-0.2, -0.15) is 0 Å². The number of imidazole rings is 1. The summed E-state index contributed by atoms with van der Waals surface area (Å²) in [5.74, 6) is 0.418. The second-order valence-electron chi connectivity index (χ2n) is 8.59. The van der Waals surface area contributed by atoms with Gasteiger partial charge >= 0.3 is 0 Å². The molecular weight excluding hydrogens is 403 g/mol. The predicted molar refractivity (Wildman–Crippen MR) is 124 cm³/mol. The molecular formula is C27H27FN2O2. The van der Waals surface area contributed by atoms with E-state index in [2.05, 4.69) is 19.1 Å². The highest BCUT2D eigenvalue weighted by atomic mass is 19.1. The van der Waals surface area contributed by atoms with Gasteiger partial charge in [0.1, 0.15) is 17.2 Å². The Morgan fingerprint density at radius 1 is 0.938 bits per heavy atom. The largest absolute Gasteiger partial charge is 0.392 e. The van der Waals surface area contributed by atoms with E-state index < -0.39 is 11.4 Å². The summed E-state index contributed by atoms with van der Waals surface area (Å²) in [5, 5.41) is 19.7. The molecule has 5 heteroatoms. The fourth-order valence-electron chi connectivity index (χ4n) is 3.71. The molecule has 0 radical (unpaired) electrons. The molecule has 1 heterocycles. The van der Waals surface area contributed by atoms with Gasteiger partial charge in [-0.3, -0.25) is 0 Å². The van der Waals surface area contributed by atoms with Crippen LogP contribution in [0, 0.1) is 12.7 Å². The summed E-state index contributed by atoms with van der Waals surface area (Å²) < 4.78 is 16.1. The first-order valence-electron chi connectivity index (χ1n) is 10.6. The molecule has 3 aromatic carbocycles. The van der Waals surface area contributed by atoms with Crippen LogP contribution in [0.2, 0.25) is 0 Å². The van der Waals surface area contributed by atoms with E-state index in [-0.39, 0.29) is 12.2 Å². The number of hydrogen-bond donors (Lipinski definition) is 2. The summed E-state index contributed by atoms with van der Waals surface area (Å²) in [7, 11) is 0. The van der Waals surface area contributed by atoms with Crippen molar-refractivity contribution in [1.82, 2.24) is 9.55 Å². The Morgan fingerprint density at radius 2 is 1.62 bits per heavy atom. The summed E-state index contributed by atoms with van der Waals surface area (Å²) in [5.41, 5.74) is 4.73. The maximum Gasteiger partial charge on any atom is 0.129 e. The first kappa shape index (κ1) is 21.9. The van der Waals surface area contributed by atoms with Crippen molar-refractivity contribution in [2.45, 2.75) is 39.4 Å². The lowest BCUT2D eigenvalue weighted by Crippen LogP contribution is -2.15. The molecule has 0 atom stereocenters. The van der Waals surface area contributed by atoms with Crippen LogP contribution in [-0.4, -0.2) is 19.8 Å². The van der Waals surface area contributed by atoms with Crippen LogP contribution < -0.4 is 0 Å². The van der Waals surface area contributed by atoms with E-state index >= 15 is 0 Å². The van der Waals surface area contributed by atoms with Gasteiger partial charge in [0.05, 0.1) is 12.3 Å². The number of hydrogen-bond acceptors (Lipinski definition) is 3. The van der Waals surface area contributed by atoms with Crippen molar-refractivity contribution in [1.29, 1.82) is 0 Å². The third-order valence-electron chi connectivity index (χ3n) is 5.72. The first-order chi connectivity index (χ1) is 15.3. The SMILES string of the molecule is Cc1ccccc1Cc1nc(C(C)(C)O)cn1-c1ccc(-c2ccc(CO)c(F)c2)cc1. The Hall–Kier alpha value is -3.28. The van der Waals surface area contributed by atoms with Gasteiger partial charge in [0.15, 0.2) is 0 Å². The molecule has 4 nitrogen and oxygen atoms in total. The van der Waals surface area contributed by atoms with Gasteiger partial charge in [-0.25, -0.2) is 9.37 Å². The van der Waals surface area contributed by atoms with E-state index in [9.17, 15) is 14.6 Å². The molecule has 164 valence electrons. The van der Waals surface area contributed by atoms with Crippen LogP contribution in [0.5, 0.6) is 0 Å². The molecule has 32 heavy (non-hydrogen) atoms. The third-order valence-corrected chi connectivity index (χ3v) is 5.72. The van der Waals surface area contributed by atoms with Gasteiger partial charge in [-0.15, -0.1) is 0 Å². The Kier molecular flexibility index (Phi) is 5.96. The highest BCUT2D eigenvalue weighted by Gasteiger charge is 2.22. The fraction of sp³-hybridized carbons (Fsp3) is 0.222. The fourth-order valence-corrected chi connectivity index (χ4v) is 3.71. The van der Waals surface area contributed by atoms with Crippen molar-refractivity contribution < 1.29 is 14.6 Å². The number of aliphatic hydroxyl groups excluding tert-OH is 1. The molecule has 0 aliphatic carbocycles. The van der Waals surface area contributed by atoms with E-state index in [1.54, 1.807) is 26.0 Å². The maximum absolute atomic E-state index is 14.1. The highest BCUT2D eigenvalue weighted by Crippen LogP contribution is 2.27. The lowest BCUT2D eigenvalue weighted by Gasteiger charge is -2.13. The summed E-state index contributed by atoms with van der Waals surface area (Å²) in [4.78, 5) is 4.75. The molecule has 0 unspecified atom stereocenters. The Labute approximate surface area is 187 Å². The second-order valence-corrected chi connectivity index (χ2v) is 8.59. The summed E-state index contributed by atoms with van der Waals surface area (Å²) >= 11 is 0. The van der Waals surface area contributed by atoms with Crippen LogP contribution >= 0.6 is 0 Å². The molecule has 0 saturated carbocycles. The van der Waals surface area contributed by atoms with Gasteiger partial charge in [0.25, 0.3) is 0 Å². The van der Waals surface area contributed by atoms with Crippen molar-refractivity contribution >= 4 is 0 Å². The minimum absolute atomic E-state index is 0.281. The minimum Gasteiger partial charge on any atom is -0.392 e. The van der Waals surface area contributed by atoms with E-state index in [0.717, 1.165) is 22.6 Å². The molecule has 0 amide bonds. The molecule has 1 aromatic heterocycles. The lowest BCUT2D eigenvalue weighted by molar-refractivity contribution is 0.0741. The molecule has 0 saturated heterocycles. The van der Waals surface area contributed by atoms with Gasteiger partial charge in [-0.05, 0) is 61.2 Å². The quantitative estimate of drug-likeness (QED) is 0.437. The van der Waals surface area contributed by atoms with Gasteiger partial charge in [0, 0.05) is 23.9 Å². The summed E-state index contributed by atoms with van der Waals surface area (Å²) in [6.45, 7) is 5.21. The number of benzene rings is 3. The predicted octanol–water partition coefficient (Wildman–Crippen LogP) is 5.30. The maximum atomic E-state index is 14.1. The van der Waals surface area contributed by atoms with Crippen LogP contribution in [0.3, 0.4) is 0 Å². The number of halogens is 1. The number of aliphatic hydroxyl groups is 2. The zero-order valence-electron chi connectivity index (χ0n) is 18.5. The third kappa shape index (κ3) is 4.49. The highest BCUT2D eigenvalue weighted by molar-refractivity contribution is 5.65. The molecule has 4 aromatic rings. The summed E-state index contributed by atoms with van der Waals surface area (Å²) in [6, 6.07) is 20.8. The number of aryl methyl sites for hydroxylation is 1. The van der Waals surface area contributed by atoms with Crippen LogP contribution in [0.25, 0.3) is 16.8 Å². The standard InChI is InChI=1S/C27H27FN2O2/c1-18-6-4-5-7-20(18)15-26-29-25(27(2,3)32)16-30(26)23-12-10-19(11-13-23)21-8-9-22(17-31)24(28)14-21/h4-14,16,31-32H,15,17H2,1-3H3. The van der Waals surface area contributed by atoms with Crippen LogP contribution in [0.15, 0.2) is 72.9 Å². The molecule has 2 N–H and O–H groups in total. The van der Waals surface area contributed by atoms with Gasteiger partial charge in [0.2, 0.25) is 0 Å². The van der Waals surface area contributed by atoms with Crippen LogP contribution in [-0.2, 0) is 18.6 Å². The van der Waals surface area contributed by atoms with Crippen molar-refractivity contribution in [3.8, 4) is 16.8 Å². The molecule has 0 spiro atoms. The number of aromatic nitrogens is 2. The molecule has 0 aliphatic heterocycles. The van der Waals surface area contributed by atoms with E-state index in [1.807, 2.05) is 47.2 Å². The Morgan fingerprint density at radius 3 is 2.25 bits per heavy atom. The Balaban J connectivity index is 1.71. The number of rotatable bonds is 6. The normalized spacial score (nSPS) is 11.7. The van der Waals surface area contributed by atoms with E-state index in [0.29, 0.717) is 12.1 Å². The van der Waals surface area contributed by atoms with Crippen molar-refractivity contribution in [3.05, 3.63) is 107 Å².